The van der Waals surface area contributed by atoms with Crippen LogP contribution in [-0.4, -0.2) is 23.9 Å². The van der Waals surface area contributed by atoms with Gasteiger partial charge in [0.1, 0.15) is 5.82 Å². The van der Waals surface area contributed by atoms with E-state index in [1.54, 1.807) is 12.1 Å². The van der Waals surface area contributed by atoms with Crippen molar-refractivity contribution in [3.63, 3.8) is 0 Å². The molecule has 0 atom stereocenters. The molecule has 2 heterocycles. The number of carbonyl (C=O) groups is 1. The molecule has 17 heavy (non-hydrogen) atoms. The molecule has 1 aliphatic rings. The average molecular weight is 249 g/mol. The lowest BCUT2D eigenvalue weighted by molar-refractivity contribution is 0.0797. The normalized spacial score (nSPS) is 15.7. The van der Waals surface area contributed by atoms with Gasteiger partial charge >= 0.3 is 0 Å². The Hall–Kier alpha value is -1.42. The van der Waals surface area contributed by atoms with E-state index in [2.05, 4.69) is 0 Å². The van der Waals surface area contributed by atoms with Crippen LogP contribution in [0.1, 0.15) is 22.5 Å². The van der Waals surface area contributed by atoms with Crippen LogP contribution in [0.2, 0.25) is 0 Å². The first kappa shape index (κ1) is 10.7. The van der Waals surface area contributed by atoms with Crippen molar-refractivity contribution in [2.24, 2.45) is 0 Å². The summed E-state index contributed by atoms with van der Waals surface area (Å²) in [7, 11) is 0. The van der Waals surface area contributed by atoms with E-state index in [9.17, 15) is 9.18 Å². The van der Waals surface area contributed by atoms with E-state index in [1.807, 2.05) is 4.90 Å². The molecule has 4 heteroatoms. The second-order valence-corrected chi connectivity index (χ2v) is 5.38. The number of hydrogen-bond donors (Lipinski definition) is 0. The third-order valence-corrected chi connectivity index (χ3v) is 4.19. The van der Waals surface area contributed by atoms with Crippen molar-refractivity contribution in [3.8, 4) is 0 Å². The van der Waals surface area contributed by atoms with Gasteiger partial charge in [0, 0.05) is 17.8 Å². The highest BCUT2D eigenvalue weighted by molar-refractivity contribution is 7.20. The van der Waals surface area contributed by atoms with E-state index in [1.165, 1.54) is 23.5 Å². The van der Waals surface area contributed by atoms with E-state index in [4.69, 9.17) is 0 Å². The monoisotopic (exact) mass is 249 g/mol. The minimum Gasteiger partial charge on any atom is -0.338 e. The molecule has 0 saturated carbocycles. The van der Waals surface area contributed by atoms with E-state index >= 15 is 0 Å². The summed E-state index contributed by atoms with van der Waals surface area (Å²) in [6, 6.07) is 6.44. The zero-order chi connectivity index (χ0) is 11.8. The van der Waals surface area contributed by atoms with Crippen LogP contribution in [0, 0.1) is 5.82 Å². The Balaban J connectivity index is 1.97. The zero-order valence-electron chi connectivity index (χ0n) is 9.28. The van der Waals surface area contributed by atoms with Crippen molar-refractivity contribution in [1.29, 1.82) is 0 Å². The SMILES string of the molecule is O=C(c1cc2cc(F)ccc2s1)N1CCCC1. The van der Waals surface area contributed by atoms with Crippen LogP contribution in [0.4, 0.5) is 4.39 Å². The first-order chi connectivity index (χ1) is 8.24. The van der Waals surface area contributed by atoms with E-state index in [0.29, 0.717) is 4.88 Å². The summed E-state index contributed by atoms with van der Waals surface area (Å²) in [5.41, 5.74) is 0. The molecule has 1 saturated heterocycles. The second-order valence-electron chi connectivity index (χ2n) is 4.29. The number of fused-ring (bicyclic) bond motifs is 1. The Kier molecular flexibility index (Phi) is 2.59. The first-order valence-corrected chi connectivity index (χ1v) is 6.54. The maximum absolute atomic E-state index is 13.1. The summed E-state index contributed by atoms with van der Waals surface area (Å²) >= 11 is 1.44. The molecule has 88 valence electrons. The highest BCUT2D eigenvalue weighted by atomic mass is 32.1. The van der Waals surface area contributed by atoms with Crippen molar-refractivity contribution >= 4 is 27.3 Å². The Morgan fingerprint density at radius 3 is 2.76 bits per heavy atom. The summed E-state index contributed by atoms with van der Waals surface area (Å²) in [5.74, 6) is -0.167. The summed E-state index contributed by atoms with van der Waals surface area (Å²) in [6.07, 6.45) is 2.18. The Morgan fingerprint density at radius 1 is 1.24 bits per heavy atom. The van der Waals surface area contributed by atoms with Gasteiger partial charge < -0.3 is 4.90 Å². The summed E-state index contributed by atoms with van der Waals surface area (Å²) in [5, 5.41) is 0.817. The third-order valence-electron chi connectivity index (χ3n) is 3.08. The molecule has 3 rings (SSSR count). The van der Waals surface area contributed by atoms with Crippen LogP contribution in [0.15, 0.2) is 24.3 Å². The zero-order valence-corrected chi connectivity index (χ0v) is 10.1. The van der Waals surface area contributed by atoms with Crippen LogP contribution < -0.4 is 0 Å². The molecule has 2 nitrogen and oxygen atoms in total. The predicted octanol–water partition coefficient (Wildman–Crippen LogP) is 3.28. The minimum atomic E-state index is -0.254. The van der Waals surface area contributed by atoms with Crippen LogP contribution in [-0.2, 0) is 0 Å². The molecule has 0 radical (unpaired) electrons. The quantitative estimate of drug-likeness (QED) is 0.759. The Morgan fingerprint density at radius 2 is 2.00 bits per heavy atom. The first-order valence-electron chi connectivity index (χ1n) is 5.72. The van der Waals surface area contributed by atoms with Crippen molar-refractivity contribution in [3.05, 3.63) is 35.0 Å². The lowest BCUT2D eigenvalue weighted by atomic mass is 10.2. The van der Waals surface area contributed by atoms with Gasteiger partial charge in [0.2, 0.25) is 0 Å². The van der Waals surface area contributed by atoms with Gasteiger partial charge in [-0.3, -0.25) is 4.79 Å². The molecule has 0 N–H and O–H groups in total. The van der Waals surface area contributed by atoms with E-state index in [0.717, 1.165) is 36.0 Å². The van der Waals surface area contributed by atoms with Crippen LogP contribution in [0.3, 0.4) is 0 Å². The standard InChI is InChI=1S/C13H12FNOS/c14-10-3-4-11-9(7-10)8-12(17-11)13(16)15-5-1-2-6-15/h3-4,7-8H,1-2,5-6H2. The Bertz CT molecular complexity index is 572. The summed E-state index contributed by atoms with van der Waals surface area (Å²) in [6.45, 7) is 1.70. The molecular formula is C13H12FNOS. The van der Waals surface area contributed by atoms with Gasteiger partial charge in [-0.1, -0.05) is 0 Å². The van der Waals surface area contributed by atoms with Crippen molar-refractivity contribution < 1.29 is 9.18 Å². The summed E-state index contributed by atoms with van der Waals surface area (Å²) < 4.78 is 14.0. The minimum absolute atomic E-state index is 0.0871. The number of hydrogen-bond acceptors (Lipinski definition) is 2. The Labute approximate surface area is 103 Å². The summed E-state index contributed by atoms with van der Waals surface area (Å²) in [4.78, 5) is 14.7. The third kappa shape index (κ3) is 1.93. The van der Waals surface area contributed by atoms with E-state index < -0.39 is 0 Å². The molecule has 1 fully saturated rings. The van der Waals surface area contributed by atoms with Crippen LogP contribution in [0.25, 0.3) is 10.1 Å². The average Bonchev–Trinajstić information content (AvgIpc) is 2.96. The van der Waals surface area contributed by atoms with Gasteiger partial charge in [-0.25, -0.2) is 4.39 Å². The predicted molar refractivity (Wildman–Crippen MR) is 66.9 cm³/mol. The van der Waals surface area contributed by atoms with Crippen molar-refractivity contribution in [2.75, 3.05) is 13.1 Å². The number of nitrogens with zero attached hydrogens (tertiary/aromatic N) is 1. The topological polar surface area (TPSA) is 20.3 Å². The molecule has 0 bridgehead atoms. The van der Waals surface area contributed by atoms with Gasteiger partial charge in [-0.05, 0) is 42.5 Å². The van der Waals surface area contributed by atoms with Crippen LogP contribution in [0.5, 0.6) is 0 Å². The van der Waals surface area contributed by atoms with Gasteiger partial charge in [-0.15, -0.1) is 11.3 Å². The van der Waals surface area contributed by atoms with Gasteiger partial charge in [0.25, 0.3) is 5.91 Å². The largest absolute Gasteiger partial charge is 0.338 e. The van der Waals surface area contributed by atoms with Crippen molar-refractivity contribution in [1.82, 2.24) is 4.90 Å². The lowest BCUT2D eigenvalue weighted by Crippen LogP contribution is -2.26. The van der Waals surface area contributed by atoms with E-state index in [-0.39, 0.29) is 11.7 Å². The molecule has 0 spiro atoms. The lowest BCUT2D eigenvalue weighted by Gasteiger charge is -2.13. The highest BCUT2D eigenvalue weighted by Gasteiger charge is 2.21. The second kappa shape index (κ2) is 4.11. The number of likely N-dealkylation sites (tertiary alicyclic amines) is 1. The fourth-order valence-corrected chi connectivity index (χ4v) is 3.21. The molecule has 1 amide bonds. The van der Waals surface area contributed by atoms with Gasteiger partial charge in [0.05, 0.1) is 4.88 Å². The fraction of sp³-hybridized carbons (Fsp3) is 0.308. The number of thiophene rings is 1. The number of amides is 1. The number of rotatable bonds is 1. The van der Waals surface area contributed by atoms with Crippen LogP contribution >= 0.6 is 11.3 Å². The molecule has 0 aliphatic carbocycles. The highest BCUT2D eigenvalue weighted by Crippen LogP contribution is 2.28. The molecule has 1 aromatic carbocycles. The maximum Gasteiger partial charge on any atom is 0.263 e. The molecule has 2 aromatic rings. The molecule has 1 aliphatic heterocycles. The number of benzene rings is 1. The fourth-order valence-electron chi connectivity index (χ4n) is 2.20. The maximum atomic E-state index is 13.1. The van der Waals surface area contributed by atoms with Crippen molar-refractivity contribution in [2.45, 2.75) is 12.8 Å². The molecule has 0 unspecified atom stereocenters. The number of carbonyl (C=O) groups excluding carboxylic acids is 1. The number of halogens is 1. The van der Waals surface area contributed by atoms with Gasteiger partial charge in [0.15, 0.2) is 0 Å². The smallest absolute Gasteiger partial charge is 0.263 e. The molecule has 1 aromatic heterocycles. The molecular weight excluding hydrogens is 237 g/mol. The van der Waals surface area contributed by atoms with Gasteiger partial charge in [-0.2, -0.15) is 0 Å².